The summed E-state index contributed by atoms with van der Waals surface area (Å²) < 4.78 is 19.4. The highest BCUT2D eigenvalue weighted by Crippen LogP contribution is 2.53. The van der Waals surface area contributed by atoms with Crippen molar-refractivity contribution in [2.45, 2.75) is 109 Å². The zero-order chi connectivity index (χ0) is 21.9. The lowest BCUT2D eigenvalue weighted by atomic mass is 9.93. The number of amides is 1. The number of hydrogen-bond donors (Lipinski definition) is 1. The van der Waals surface area contributed by atoms with Crippen LogP contribution >= 0.6 is 7.60 Å². The molecule has 1 heterocycles. The second kappa shape index (κ2) is 9.27. The number of nitrogens with zero attached hydrogens (tertiary/aromatic N) is 3. The number of hydrogen-bond acceptors (Lipinski definition) is 6. The molecule has 1 aliphatic rings. The van der Waals surface area contributed by atoms with Gasteiger partial charge in [-0.15, -0.1) is 5.10 Å². The molecule has 1 saturated carbocycles. The quantitative estimate of drug-likeness (QED) is 0.670. The summed E-state index contributed by atoms with van der Waals surface area (Å²) in [6.07, 6.45) is 6.29. The molecule has 0 spiro atoms. The van der Waals surface area contributed by atoms with Crippen LogP contribution in [-0.4, -0.2) is 38.2 Å². The van der Waals surface area contributed by atoms with E-state index in [1.54, 1.807) is 20.8 Å². The Hall–Kier alpha value is -1.24. The van der Waals surface area contributed by atoms with E-state index in [1.807, 2.05) is 10.9 Å². The number of aryl methyl sites for hydroxylation is 1. The van der Waals surface area contributed by atoms with Gasteiger partial charge in [0.2, 0.25) is 5.91 Å². The summed E-state index contributed by atoms with van der Waals surface area (Å²) >= 11 is 0. The largest absolute Gasteiger partial charge is 0.778 e. The Morgan fingerprint density at radius 1 is 1.24 bits per heavy atom. The number of carbonyl (C=O) groups excluding carboxylic acids is 1. The summed E-state index contributed by atoms with van der Waals surface area (Å²) in [5.74, 6) is 0.0294. The Morgan fingerprint density at radius 3 is 2.38 bits per heavy atom. The first-order valence-corrected chi connectivity index (χ1v) is 12.0. The van der Waals surface area contributed by atoms with E-state index in [0.717, 1.165) is 31.4 Å². The van der Waals surface area contributed by atoms with Crippen molar-refractivity contribution in [3.63, 3.8) is 0 Å². The van der Waals surface area contributed by atoms with Crippen LogP contribution < -0.4 is 10.2 Å². The fraction of sp³-hybridized carbons (Fsp3) is 0.850. The molecule has 1 unspecified atom stereocenters. The Morgan fingerprint density at radius 2 is 1.86 bits per heavy atom. The van der Waals surface area contributed by atoms with Gasteiger partial charge in [0, 0.05) is 23.8 Å². The first-order valence-electron chi connectivity index (χ1n) is 10.5. The molecule has 29 heavy (non-hydrogen) atoms. The van der Waals surface area contributed by atoms with E-state index in [1.165, 1.54) is 0 Å². The normalized spacial score (nSPS) is 22.9. The maximum atomic E-state index is 12.2. The third kappa shape index (κ3) is 7.19. The molecule has 1 aliphatic carbocycles. The van der Waals surface area contributed by atoms with E-state index in [2.05, 4.69) is 36.4 Å². The van der Waals surface area contributed by atoms with Crippen LogP contribution in [0.1, 0.15) is 85.8 Å². The monoisotopic (exact) mass is 427 g/mol. The van der Waals surface area contributed by atoms with Crippen molar-refractivity contribution in [1.82, 2.24) is 20.3 Å². The Balaban J connectivity index is 1.68. The molecule has 0 bridgehead atoms. The highest BCUT2D eigenvalue weighted by atomic mass is 31.2. The Bertz CT molecular complexity index is 728. The first kappa shape index (κ1) is 24.0. The molecular formula is C20H36N4O4P-. The van der Waals surface area contributed by atoms with Crippen molar-refractivity contribution < 1.29 is 18.8 Å². The van der Waals surface area contributed by atoms with Crippen LogP contribution in [0.4, 0.5) is 0 Å². The maximum absolute atomic E-state index is 12.2. The van der Waals surface area contributed by atoms with Crippen molar-refractivity contribution in [3.8, 4) is 0 Å². The van der Waals surface area contributed by atoms with Crippen molar-refractivity contribution in [3.05, 3.63) is 11.9 Å². The van der Waals surface area contributed by atoms with Crippen LogP contribution in [0.15, 0.2) is 6.20 Å². The van der Waals surface area contributed by atoms with Crippen LogP contribution in [0.5, 0.6) is 0 Å². The van der Waals surface area contributed by atoms with Crippen molar-refractivity contribution in [2.24, 2.45) is 0 Å². The molecule has 0 aliphatic heterocycles. The lowest BCUT2D eigenvalue weighted by molar-refractivity contribution is -0.209. The lowest BCUT2D eigenvalue weighted by Gasteiger charge is -2.40. The zero-order valence-corrected chi connectivity index (χ0v) is 19.5. The van der Waals surface area contributed by atoms with Crippen molar-refractivity contribution in [2.75, 3.05) is 0 Å². The van der Waals surface area contributed by atoms with Gasteiger partial charge in [0.1, 0.15) is 7.60 Å². The van der Waals surface area contributed by atoms with Gasteiger partial charge in [0.15, 0.2) is 0 Å². The van der Waals surface area contributed by atoms with Crippen LogP contribution in [-0.2, 0) is 25.8 Å². The minimum absolute atomic E-state index is 0.0294. The van der Waals surface area contributed by atoms with Gasteiger partial charge in [-0.05, 0) is 59.3 Å². The summed E-state index contributed by atoms with van der Waals surface area (Å²) in [6, 6.07) is 0.0878. The molecule has 1 aromatic rings. The molecule has 0 radical (unpaired) electrons. The van der Waals surface area contributed by atoms with Gasteiger partial charge >= 0.3 is 0 Å². The molecule has 1 N–H and O–H groups in total. The molecule has 166 valence electrons. The van der Waals surface area contributed by atoms with E-state index >= 15 is 0 Å². The summed E-state index contributed by atoms with van der Waals surface area (Å²) in [5, 5.41) is 10.5. The molecule has 1 fully saturated rings. The number of aromatic nitrogens is 3. The molecule has 8 nitrogen and oxygen atoms in total. The van der Waals surface area contributed by atoms with Crippen LogP contribution in [0.2, 0.25) is 0 Å². The van der Waals surface area contributed by atoms with Crippen molar-refractivity contribution in [1.29, 1.82) is 0 Å². The van der Waals surface area contributed by atoms with Gasteiger partial charge in [0.05, 0.1) is 17.3 Å². The van der Waals surface area contributed by atoms with E-state index in [0.29, 0.717) is 19.3 Å². The van der Waals surface area contributed by atoms with Gasteiger partial charge in [-0.2, -0.15) is 0 Å². The van der Waals surface area contributed by atoms with E-state index in [4.69, 9.17) is 4.52 Å². The molecule has 9 heteroatoms. The second-order valence-electron chi connectivity index (χ2n) is 9.99. The van der Waals surface area contributed by atoms with Gasteiger partial charge < -0.3 is 19.3 Å². The highest BCUT2D eigenvalue weighted by molar-refractivity contribution is 7.53. The Kier molecular flexibility index (Phi) is 7.68. The second-order valence-corrected chi connectivity index (χ2v) is 12.5. The Labute approximate surface area is 174 Å². The summed E-state index contributed by atoms with van der Waals surface area (Å²) in [4.78, 5) is 24.4. The first-order chi connectivity index (χ1) is 13.3. The van der Waals surface area contributed by atoms with E-state index < -0.39 is 12.8 Å². The van der Waals surface area contributed by atoms with Crippen LogP contribution in [0.3, 0.4) is 0 Å². The topological polar surface area (TPSA) is 109 Å². The van der Waals surface area contributed by atoms with Gasteiger partial charge in [0.25, 0.3) is 0 Å². The van der Waals surface area contributed by atoms with Gasteiger partial charge in [-0.1, -0.05) is 26.0 Å². The fourth-order valence-electron chi connectivity index (χ4n) is 3.14. The average Bonchev–Trinajstić information content (AvgIpc) is 3.04. The summed E-state index contributed by atoms with van der Waals surface area (Å²) in [6.45, 7) is 11.1. The fourth-order valence-corrected chi connectivity index (χ4v) is 4.06. The molecule has 2 rings (SSSR count). The summed E-state index contributed by atoms with van der Waals surface area (Å²) in [5.41, 5.74) is 0.795. The number of rotatable bonds is 7. The van der Waals surface area contributed by atoms with Gasteiger partial charge in [-0.3, -0.25) is 4.79 Å². The average molecular weight is 428 g/mol. The minimum Gasteiger partial charge on any atom is -0.778 e. The number of carbonyl (C=O) groups is 1. The SMILES string of the molecule is CC(C)(C)n1cc(CCCC(=O)NC2CCC(OP(=O)([O-])C(C)(C)C)CC2)nn1. The lowest BCUT2D eigenvalue weighted by Crippen LogP contribution is -2.39. The predicted octanol–water partition coefficient (Wildman–Crippen LogP) is 3.15. The van der Waals surface area contributed by atoms with Crippen molar-refractivity contribution >= 4 is 13.5 Å². The highest BCUT2D eigenvalue weighted by Gasteiger charge is 2.32. The molecular weight excluding hydrogens is 391 g/mol. The molecule has 1 amide bonds. The minimum atomic E-state index is -3.90. The molecule has 0 aromatic carbocycles. The third-order valence-corrected chi connectivity index (χ3v) is 7.43. The predicted molar refractivity (Wildman–Crippen MR) is 111 cm³/mol. The molecule has 1 atom stereocenters. The van der Waals surface area contributed by atoms with E-state index in [-0.39, 0.29) is 23.6 Å². The molecule has 0 saturated heterocycles. The standard InChI is InChI=1S/C20H37N4O4P/c1-19(2,3)24-14-16(22-23-24)8-7-9-18(25)21-15-10-12-17(13-11-15)28-29(26,27)20(4,5)6/h14-15,17H,7-13H2,1-6H3,(H,21,25)(H,26,27)/p-1. The van der Waals surface area contributed by atoms with Crippen LogP contribution in [0, 0.1) is 0 Å². The summed E-state index contributed by atoms with van der Waals surface area (Å²) in [7, 11) is -3.90. The molecule has 1 aromatic heterocycles. The van der Waals surface area contributed by atoms with Crippen LogP contribution in [0.25, 0.3) is 0 Å². The third-order valence-electron chi connectivity index (χ3n) is 5.21. The maximum Gasteiger partial charge on any atom is 0.220 e. The van der Waals surface area contributed by atoms with E-state index in [9.17, 15) is 14.3 Å². The smallest absolute Gasteiger partial charge is 0.220 e. The van der Waals surface area contributed by atoms with Gasteiger partial charge in [-0.25, -0.2) is 4.68 Å². The number of nitrogens with one attached hydrogen (secondary N) is 1. The zero-order valence-electron chi connectivity index (χ0n) is 18.6.